The predicted molar refractivity (Wildman–Crippen MR) is 105 cm³/mol. The Bertz CT molecular complexity index is 452. The minimum absolute atomic E-state index is 0.237. The molecule has 0 radical (unpaired) electrons. The van der Waals surface area contributed by atoms with E-state index in [1.165, 1.54) is 0 Å². The number of aliphatic hydroxyl groups excluding tert-OH is 3. The van der Waals surface area contributed by atoms with Crippen molar-refractivity contribution in [2.24, 2.45) is 5.92 Å². The number of rotatable bonds is 15. The average Bonchev–Trinajstić information content (AvgIpc) is 2.67. The Morgan fingerprint density at radius 2 is 1.46 bits per heavy atom. The third-order valence-electron chi connectivity index (χ3n) is 5.26. The summed E-state index contributed by atoms with van der Waals surface area (Å²) < 4.78 is 11.1. The van der Waals surface area contributed by atoms with E-state index in [1.807, 2.05) is 6.92 Å². The maximum Gasteiger partial charge on any atom is 0.163 e. The molecule has 3 N–H and O–H groups in total. The van der Waals surface area contributed by atoms with Gasteiger partial charge in [0.25, 0.3) is 0 Å². The Labute approximate surface area is 168 Å². The van der Waals surface area contributed by atoms with Gasteiger partial charge in [0.05, 0.1) is 12.7 Å². The molecule has 1 fully saturated rings. The van der Waals surface area contributed by atoms with E-state index in [-0.39, 0.29) is 12.4 Å². The summed E-state index contributed by atoms with van der Waals surface area (Å²) in [7, 11) is 0. The fourth-order valence-electron chi connectivity index (χ4n) is 3.38. The van der Waals surface area contributed by atoms with E-state index in [0.717, 1.165) is 32.1 Å². The number of aliphatic hydroxyl groups is 3. The second-order valence-electron chi connectivity index (χ2n) is 7.78. The first-order chi connectivity index (χ1) is 13.4. The molecule has 1 saturated heterocycles. The molecule has 0 aromatic carbocycles. The highest BCUT2D eigenvalue weighted by Crippen LogP contribution is 2.26. The zero-order chi connectivity index (χ0) is 20.9. The maximum atomic E-state index is 11.9. The van der Waals surface area contributed by atoms with E-state index in [9.17, 15) is 24.9 Å². The maximum absolute atomic E-state index is 11.9. The number of Topliss-reactive ketones (excluding diaryl/α,β-unsaturated/α-hetero) is 2. The third-order valence-corrected chi connectivity index (χ3v) is 5.26. The van der Waals surface area contributed by atoms with Gasteiger partial charge in [0.2, 0.25) is 0 Å². The van der Waals surface area contributed by atoms with Gasteiger partial charge < -0.3 is 24.8 Å². The van der Waals surface area contributed by atoms with Gasteiger partial charge >= 0.3 is 0 Å². The van der Waals surface area contributed by atoms with Crippen LogP contribution in [-0.2, 0) is 19.1 Å². The summed E-state index contributed by atoms with van der Waals surface area (Å²) >= 11 is 0. The van der Waals surface area contributed by atoms with Crippen LogP contribution in [0.15, 0.2) is 0 Å². The minimum Gasteiger partial charge on any atom is -0.394 e. The Hall–Kier alpha value is -0.860. The van der Waals surface area contributed by atoms with Crippen LogP contribution >= 0.6 is 0 Å². The normalized spacial score (nSPS) is 27.7. The van der Waals surface area contributed by atoms with E-state index >= 15 is 0 Å². The lowest BCUT2D eigenvalue weighted by Crippen LogP contribution is -2.55. The van der Waals surface area contributed by atoms with Gasteiger partial charge in [-0.3, -0.25) is 9.59 Å². The van der Waals surface area contributed by atoms with Crippen LogP contribution in [0.4, 0.5) is 0 Å². The first-order valence-corrected chi connectivity index (χ1v) is 10.7. The number of hydrogen-bond acceptors (Lipinski definition) is 7. The molecular weight excluding hydrogens is 364 g/mol. The highest BCUT2D eigenvalue weighted by atomic mass is 16.7. The molecule has 0 aromatic heterocycles. The molecular formula is C21H38O7. The van der Waals surface area contributed by atoms with Crippen LogP contribution in [0.5, 0.6) is 0 Å². The van der Waals surface area contributed by atoms with Crippen molar-refractivity contribution in [2.45, 2.75) is 103 Å². The number of unbranched alkanes of at least 4 members (excludes halogenated alkanes) is 3. The molecule has 1 aliphatic rings. The van der Waals surface area contributed by atoms with Gasteiger partial charge in [-0.2, -0.15) is 0 Å². The van der Waals surface area contributed by atoms with Crippen LogP contribution in [0, 0.1) is 5.92 Å². The molecule has 0 amide bonds. The molecule has 0 aromatic rings. The number of carbonyl (C=O) groups excluding carboxylic acids is 2. The monoisotopic (exact) mass is 402 g/mol. The molecule has 1 aliphatic heterocycles. The molecule has 7 heteroatoms. The molecule has 0 bridgehead atoms. The van der Waals surface area contributed by atoms with Crippen LogP contribution in [0.3, 0.4) is 0 Å². The van der Waals surface area contributed by atoms with Crippen molar-refractivity contribution >= 4 is 11.6 Å². The predicted octanol–water partition coefficient (Wildman–Crippen LogP) is 2.14. The molecule has 0 spiro atoms. The number of ether oxygens (including phenoxy) is 2. The summed E-state index contributed by atoms with van der Waals surface area (Å²) in [5, 5.41) is 29.0. The number of carbonyl (C=O) groups is 2. The average molecular weight is 403 g/mol. The van der Waals surface area contributed by atoms with Crippen LogP contribution in [0.25, 0.3) is 0 Å². The Kier molecular flexibility index (Phi) is 12.7. The Balaban J connectivity index is 2.07. The van der Waals surface area contributed by atoms with E-state index in [0.29, 0.717) is 44.5 Å². The second-order valence-corrected chi connectivity index (χ2v) is 7.78. The van der Waals surface area contributed by atoms with Gasteiger partial charge in [0.1, 0.15) is 23.8 Å². The summed E-state index contributed by atoms with van der Waals surface area (Å²) in [5.41, 5.74) is 0. The fourth-order valence-corrected chi connectivity index (χ4v) is 3.38. The second kappa shape index (κ2) is 14.2. The number of ketones is 2. The summed E-state index contributed by atoms with van der Waals surface area (Å²) in [4.78, 5) is 23.3. The molecule has 5 atom stereocenters. The van der Waals surface area contributed by atoms with Crippen LogP contribution < -0.4 is 0 Å². The Morgan fingerprint density at radius 1 is 0.893 bits per heavy atom. The molecule has 0 aliphatic carbocycles. The Morgan fingerprint density at radius 3 is 2.04 bits per heavy atom. The number of hydrogen-bond donors (Lipinski definition) is 3. The molecule has 0 saturated carbocycles. The largest absolute Gasteiger partial charge is 0.394 e. The van der Waals surface area contributed by atoms with Crippen molar-refractivity contribution in [3.63, 3.8) is 0 Å². The van der Waals surface area contributed by atoms with Gasteiger partial charge in [-0.15, -0.1) is 0 Å². The van der Waals surface area contributed by atoms with Crippen molar-refractivity contribution in [3.8, 4) is 0 Å². The van der Waals surface area contributed by atoms with Crippen molar-refractivity contribution in [2.75, 3.05) is 13.2 Å². The molecule has 28 heavy (non-hydrogen) atoms. The van der Waals surface area contributed by atoms with E-state index in [4.69, 9.17) is 9.47 Å². The van der Waals surface area contributed by atoms with Gasteiger partial charge in [0.15, 0.2) is 6.29 Å². The zero-order valence-electron chi connectivity index (χ0n) is 17.3. The highest BCUT2D eigenvalue weighted by molar-refractivity contribution is 5.78. The van der Waals surface area contributed by atoms with Gasteiger partial charge in [-0.05, 0) is 32.1 Å². The highest BCUT2D eigenvalue weighted by Gasteiger charge is 2.42. The lowest BCUT2D eigenvalue weighted by Gasteiger charge is -2.40. The van der Waals surface area contributed by atoms with E-state index in [2.05, 4.69) is 0 Å². The standard InChI is InChI=1S/C21H38O7/c1-3-9-16(23)10-5-4-6-11-17(24)12-7-8-13-27-21-15(2)19(25)20(26)18(14-22)28-21/h15,18-22,25-26H,3-14H2,1-2H3/t15?,18?,19-,20+,21-/m1/s1. The zero-order valence-corrected chi connectivity index (χ0v) is 17.3. The summed E-state index contributed by atoms with van der Waals surface area (Å²) in [6.07, 6.45) is 3.66. The quantitative estimate of drug-likeness (QED) is 0.360. The third kappa shape index (κ3) is 9.09. The van der Waals surface area contributed by atoms with Crippen molar-refractivity contribution in [3.05, 3.63) is 0 Å². The van der Waals surface area contributed by atoms with Crippen LogP contribution in [0.2, 0.25) is 0 Å². The lowest BCUT2D eigenvalue weighted by atomic mass is 9.92. The fraction of sp³-hybridized carbons (Fsp3) is 0.905. The van der Waals surface area contributed by atoms with Gasteiger partial charge in [0, 0.05) is 38.2 Å². The first kappa shape index (κ1) is 25.2. The van der Waals surface area contributed by atoms with Crippen LogP contribution in [-0.4, -0.2) is 64.7 Å². The molecule has 164 valence electrons. The van der Waals surface area contributed by atoms with Crippen molar-refractivity contribution < 1.29 is 34.4 Å². The van der Waals surface area contributed by atoms with Gasteiger partial charge in [-0.1, -0.05) is 20.3 Å². The SMILES string of the molecule is CCCC(=O)CCCCCC(=O)CCCCO[C@@H]1OC(CO)[C@H](O)[C@H](O)C1C. The molecule has 1 heterocycles. The minimum atomic E-state index is -1.12. The molecule has 7 nitrogen and oxygen atoms in total. The topological polar surface area (TPSA) is 113 Å². The van der Waals surface area contributed by atoms with E-state index < -0.39 is 30.5 Å². The molecule has 1 rings (SSSR count). The van der Waals surface area contributed by atoms with Crippen molar-refractivity contribution in [1.82, 2.24) is 0 Å². The summed E-state index contributed by atoms with van der Waals surface area (Å²) in [5.74, 6) is 0.155. The summed E-state index contributed by atoms with van der Waals surface area (Å²) in [6, 6.07) is 0. The van der Waals surface area contributed by atoms with Crippen LogP contribution in [0.1, 0.15) is 78.1 Å². The van der Waals surface area contributed by atoms with Gasteiger partial charge in [-0.25, -0.2) is 0 Å². The van der Waals surface area contributed by atoms with E-state index in [1.54, 1.807) is 6.92 Å². The molecule has 2 unspecified atom stereocenters. The summed E-state index contributed by atoms with van der Waals surface area (Å²) in [6.45, 7) is 3.74. The smallest absolute Gasteiger partial charge is 0.163 e. The first-order valence-electron chi connectivity index (χ1n) is 10.7. The van der Waals surface area contributed by atoms with Crippen molar-refractivity contribution in [1.29, 1.82) is 0 Å². The lowest BCUT2D eigenvalue weighted by molar-refractivity contribution is -0.282.